The van der Waals surface area contributed by atoms with Gasteiger partial charge in [0, 0.05) is 11.1 Å². The van der Waals surface area contributed by atoms with Crippen LogP contribution in [-0.4, -0.2) is 0 Å². The van der Waals surface area contributed by atoms with Gasteiger partial charge in [0.2, 0.25) is 5.82 Å². The number of hydrogen-bond donors (Lipinski definition) is 0. The fraction of sp³-hybridized carbons (Fsp3) is 0.364. The van der Waals surface area contributed by atoms with Crippen molar-refractivity contribution in [2.24, 2.45) is 5.92 Å². The molecule has 2 aromatic carbocycles. The van der Waals surface area contributed by atoms with Gasteiger partial charge in [0.15, 0.2) is 23.2 Å². The van der Waals surface area contributed by atoms with Crippen LogP contribution in [-0.2, 0) is 0 Å². The maximum absolute atomic E-state index is 14.7. The third-order valence-electron chi connectivity index (χ3n) is 5.24. The molecular weight excluding hydrogens is 356 g/mol. The van der Waals surface area contributed by atoms with Crippen molar-refractivity contribution < 1.29 is 22.3 Å². The number of ether oxygens (including phenoxy) is 1. The van der Waals surface area contributed by atoms with Crippen LogP contribution >= 0.6 is 0 Å². The van der Waals surface area contributed by atoms with Gasteiger partial charge in [-0.2, -0.15) is 4.39 Å². The average Bonchev–Trinajstić information content (AvgIpc) is 2.67. The minimum absolute atomic E-state index is 0.0389. The predicted octanol–water partition coefficient (Wildman–Crippen LogP) is 7.12. The van der Waals surface area contributed by atoms with Crippen LogP contribution in [0.3, 0.4) is 0 Å². The lowest BCUT2D eigenvalue weighted by Gasteiger charge is -2.27. The highest BCUT2D eigenvalue weighted by Crippen LogP contribution is 2.39. The van der Waals surface area contributed by atoms with Crippen LogP contribution < -0.4 is 4.74 Å². The first kappa shape index (κ1) is 19.5. The monoisotopic (exact) mass is 378 g/mol. The molecule has 0 aliphatic heterocycles. The Balaban J connectivity index is 1.96. The van der Waals surface area contributed by atoms with Crippen LogP contribution in [0.2, 0.25) is 0 Å². The molecule has 0 heterocycles. The Morgan fingerprint density at radius 2 is 1.41 bits per heavy atom. The van der Waals surface area contributed by atoms with Crippen LogP contribution in [0.15, 0.2) is 36.6 Å². The zero-order valence-electron chi connectivity index (χ0n) is 15.4. The van der Waals surface area contributed by atoms with Gasteiger partial charge in [-0.05, 0) is 49.3 Å². The molecule has 1 fully saturated rings. The Hall–Kier alpha value is -2.30. The first-order chi connectivity index (χ1) is 12.9. The fourth-order valence-electron chi connectivity index (χ4n) is 3.63. The van der Waals surface area contributed by atoms with Crippen molar-refractivity contribution >= 4 is 0 Å². The zero-order valence-corrected chi connectivity index (χ0v) is 15.4. The normalized spacial score (nSPS) is 20.2. The molecule has 0 unspecified atom stereocenters. The fourth-order valence-corrected chi connectivity index (χ4v) is 3.63. The van der Waals surface area contributed by atoms with E-state index in [9.17, 15) is 17.6 Å². The Morgan fingerprint density at radius 3 is 2.04 bits per heavy atom. The minimum Gasteiger partial charge on any atom is -0.462 e. The van der Waals surface area contributed by atoms with Gasteiger partial charge in [-0.25, -0.2) is 13.2 Å². The summed E-state index contributed by atoms with van der Waals surface area (Å²) in [5.41, 5.74) is -0.313. The molecule has 2 aromatic rings. The Labute approximate surface area is 156 Å². The third-order valence-corrected chi connectivity index (χ3v) is 5.24. The van der Waals surface area contributed by atoms with E-state index in [0.717, 1.165) is 25.7 Å². The molecule has 1 saturated carbocycles. The first-order valence-corrected chi connectivity index (χ1v) is 9.18. The summed E-state index contributed by atoms with van der Waals surface area (Å²) in [6.07, 6.45) is 6.28. The highest BCUT2D eigenvalue weighted by atomic mass is 19.2. The van der Waals surface area contributed by atoms with Crippen LogP contribution in [0.5, 0.6) is 5.75 Å². The molecule has 1 aliphatic carbocycles. The van der Waals surface area contributed by atoms with Crippen LogP contribution in [0.25, 0.3) is 11.1 Å². The van der Waals surface area contributed by atoms with Gasteiger partial charge in [-0.3, -0.25) is 0 Å². The van der Waals surface area contributed by atoms with Gasteiger partial charge >= 0.3 is 0 Å². The highest BCUT2D eigenvalue weighted by Gasteiger charge is 2.26. The molecule has 0 spiro atoms. The summed E-state index contributed by atoms with van der Waals surface area (Å²) in [6, 6.07) is 5.21. The van der Waals surface area contributed by atoms with Crippen molar-refractivity contribution in [3.05, 3.63) is 65.4 Å². The highest BCUT2D eigenvalue weighted by molar-refractivity contribution is 5.66. The lowest BCUT2D eigenvalue weighted by Crippen LogP contribution is -2.13. The molecule has 0 bridgehead atoms. The molecule has 3 rings (SSSR count). The second-order valence-corrected chi connectivity index (χ2v) is 7.11. The van der Waals surface area contributed by atoms with E-state index in [1.807, 2.05) is 0 Å². The standard InChI is InChI=1S/C22H22F4O/c1-3-12-27-18-11-10-17(21(25)22(18)26)16-9-8-15(19(23)20(16)24)14-6-4-13(2)5-7-14/h3,8-14H,4-7H2,1-2H3/b12-3+. The maximum atomic E-state index is 14.7. The van der Waals surface area contributed by atoms with Crippen molar-refractivity contribution in [1.82, 2.24) is 0 Å². The van der Waals surface area contributed by atoms with E-state index in [1.165, 1.54) is 36.6 Å². The first-order valence-electron chi connectivity index (χ1n) is 9.18. The van der Waals surface area contributed by atoms with Gasteiger partial charge in [0.1, 0.15) is 0 Å². The Bertz CT molecular complexity index is 852. The smallest absolute Gasteiger partial charge is 0.201 e. The van der Waals surface area contributed by atoms with Gasteiger partial charge in [0.05, 0.1) is 6.26 Å². The van der Waals surface area contributed by atoms with E-state index in [4.69, 9.17) is 4.74 Å². The summed E-state index contributed by atoms with van der Waals surface area (Å²) in [5, 5.41) is 0. The molecule has 0 aromatic heterocycles. The predicted molar refractivity (Wildman–Crippen MR) is 97.5 cm³/mol. The average molecular weight is 378 g/mol. The van der Waals surface area contributed by atoms with Crippen LogP contribution in [0, 0.1) is 29.2 Å². The topological polar surface area (TPSA) is 9.23 Å². The largest absolute Gasteiger partial charge is 0.462 e. The van der Waals surface area contributed by atoms with Gasteiger partial charge in [0.25, 0.3) is 0 Å². The number of benzene rings is 2. The second kappa shape index (κ2) is 8.15. The molecule has 0 radical (unpaired) electrons. The summed E-state index contributed by atoms with van der Waals surface area (Å²) < 4.78 is 62.9. The van der Waals surface area contributed by atoms with Crippen molar-refractivity contribution in [2.75, 3.05) is 0 Å². The Morgan fingerprint density at radius 1 is 0.815 bits per heavy atom. The number of allylic oxidation sites excluding steroid dienone is 1. The molecule has 1 nitrogen and oxygen atoms in total. The molecule has 0 amide bonds. The van der Waals surface area contributed by atoms with E-state index in [1.54, 1.807) is 6.92 Å². The van der Waals surface area contributed by atoms with E-state index < -0.39 is 23.3 Å². The van der Waals surface area contributed by atoms with Gasteiger partial charge in [-0.1, -0.05) is 38.0 Å². The SMILES string of the molecule is C/C=C/Oc1ccc(-c2ccc(C3CCC(C)CC3)c(F)c2F)c(F)c1F. The lowest BCUT2D eigenvalue weighted by molar-refractivity contribution is 0.339. The summed E-state index contributed by atoms with van der Waals surface area (Å²) in [7, 11) is 0. The lowest BCUT2D eigenvalue weighted by atomic mass is 9.79. The van der Waals surface area contributed by atoms with Gasteiger partial charge in [-0.15, -0.1) is 0 Å². The summed E-state index contributed by atoms with van der Waals surface area (Å²) >= 11 is 0. The number of halogens is 4. The summed E-state index contributed by atoms with van der Waals surface area (Å²) in [4.78, 5) is 0. The molecular formula is C22H22F4O. The van der Waals surface area contributed by atoms with Crippen molar-refractivity contribution in [2.45, 2.75) is 45.4 Å². The van der Waals surface area contributed by atoms with Crippen LogP contribution in [0.4, 0.5) is 17.6 Å². The molecule has 27 heavy (non-hydrogen) atoms. The summed E-state index contributed by atoms with van der Waals surface area (Å²) in [5.74, 6) is -4.39. The zero-order chi connectivity index (χ0) is 19.6. The summed E-state index contributed by atoms with van der Waals surface area (Å²) in [6.45, 7) is 3.81. The molecule has 0 N–H and O–H groups in total. The maximum Gasteiger partial charge on any atom is 0.201 e. The van der Waals surface area contributed by atoms with E-state index in [2.05, 4.69) is 6.92 Å². The quantitative estimate of drug-likeness (QED) is 0.407. The molecule has 0 atom stereocenters. The molecule has 0 saturated heterocycles. The number of hydrogen-bond acceptors (Lipinski definition) is 1. The molecule has 144 valence electrons. The van der Waals surface area contributed by atoms with Crippen molar-refractivity contribution in [3.63, 3.8) is 0 Å². The van der Waals surface area contributed by atoms with Gasteiger partial charge < -0.3 is 4.74 Å². The minimum atomic E-state index is -1.27. The Kier molecular flexibility index (Phi) is 5.88. The van der Waals surface area contributed by atoms with Crippen molar-refractivity contribution in [3.8, 4) is 16.9 Å². The van der Waals surface area contributed by atoms with E-state index in [-0.39, 0.29) is 22.8 Å². The second-order valence-electron chi connectivity index (χ2n) is 7.11. The molecule has 5 heteroatoms. The van der Waals surface area contributed by atoms with Crippen LogP contribution in [0.1, 0.15) is 51.0 Å². The molecule has 1 aliphatic rings. The number of rotatable bonds is 4. The third kappa shape index (κ3) is 3.87. The van der Waals surface area contributed by atoms with E-state index in [0.29, 0.717) is 11.5 Å². The van der Waals surface area contributed by atoms with Crippen molar-refractivity contribution in [1.29, 1.82) is 0 Å². The van der Waals surface area contributed by atoms with E-state index >= 15 is 0 Å².